The molecule has 0 saturated heterocycles. The molecule has 0 fully saturated rings. The van der Waals surface area contributed by atoms with Crippen molar-refractivity contribution in [1.29, 1.82) is 0 Å². The lowest BCUT2D eigenvalue weighted by atomic mass is 10.2. The molecule has 0 spiro atoms. The van der Waals surface area contributed by atoms with E-state index in [2.05, 4.69) is 0 Å². The molecule has 1 aromatic carbocycles. The van der Waals surface area contributed by atoms with Gasteiger partial charge >= 0.3 is 0 Å². The smallest absolute Gasteiger partial charge is 0.222 e. The van der Waals surface area contributed by atoms with E-state index in [0.29, 0.717) is 19.6 Å². The number of ether oxygens (including phenoxy) is 1. The molecular weight excluding hydrogens is 216 g/mol. The molecule has 0 radical (unpaired) electrons. The zero-order chi connectivity index (χ0) is 12.7. The van der Waals surface area contributed by atoms with Crippen LogP contribution >= 0.6 is 0 Å². The summed E-state index contributed by atoms with van der Waals surface area (Å²) in [6, 6.07) is 7.70. The maximum atomic E-state index is 11.3. The number of carbonyl (C=O) groups is 1. The van der Waals surface area contributed by atoms with Crippen LogP contribution in [-0.4, -0.2) is 31.5 Å². The summed E-state index contributed by atoms with van der Waals surface area (Å²) in [6.45, 7) is 1.06. The highest BCUT2D eigenvalue weighted by atomic mass is 16.5. The largest absolute Gasteiger partial charge is 0.494 e. The zero-order valence-electron chi connectivity index (χ0n) is 10.5. The first kappa shape index (κ1) is 13.5. The van der Waals surface area contributed by atoms with Crippen LogP contribution in [0.1, 0.15) is 18.4 Å². The summed E-state index contributed by atoms with van der Waals surface area (Å²) in [4.78, 5) is 12.9. The predicted octanol–water partition coefficient (Wildman–Crippen LogP) is 1.39. The van der Waals surface area contributed by atoms with Crippen molar-refractivity contribution >= 4 is 5.91 Å². The van der Waals surface area contributed by atoms with Crippen molar-refractivity contribution < 1.29 is 9.53 Å². The molecule has 94 valence electrons. The summed E-state index contributed by atoms with van der Waals surface area (Å²) in [5.41, 5.74) is 6.59. The van der Waals surface area contributed by atoms with Crippen molar-refractivity contribution in [1.82, 2.24) is 4.90 Å². The standard InChI is InChI=1S/C13H20N2O2/c1-15(2)13(16)7-4-8-17-12-6-3-5-11(9-12)10-14/h3,5-6,9H,4,7-8,10,14H2,1-2H3. The second-order valence-electron chi connectivity index (χ2n) is 4.09. The van der Waals surface area contributed by atoms with E-state index in [1.807, 2.05) is 24.3 Å². The van der Waals surface area contributed by atoms with E-state index in [4.69, 9.17) is 10.5 Å². The Balaban J connectivity index is 2.28. The lowest BCUT2D eigenvalue weighted by Gasteiger charge is -2.10. The Morgan fingerprint density at radius 2 is 2.18 bits per heavy atom. The van der Waals surface area contributed by atoms with Gasteiger partial charge in [-0.2, -0.15) is 0 Å². The van der Waals surface area contributed by atoms with Crippen LogP contribution < -0.4 is 10.5 Å². The quantitative estimate of drug-likeness (QED) is 0.759. The predicted molar refractivity (Wildman–Crippen MR) is 67.8 cm³/mol. The number of benzene rings is 1. The molecule has 17 heavy (non-hydrogen) atoms. The van der Waals surface area contributed by atoms with Crippen LogP contribution in [0.4, 0.5) is 0 Å². The zero-order valence-corrected chi connectivity index (χ0v) is 10.5. The Morgan fingerprint density at radius 1 is 1.41 bits per heavy atom. The van der Waals surface area contributed by atoms with Gasteiger partial charge in [-0.1, -0.05) is 12.1 Å². The van der Waals surface area contributed by atoms with Crippen molar-refractivity contribution in [2.24, 2.45) is 5.73 Å². The molecule has 0 aromatic heterocycles. The fourth-order valence-electron chi connectivity index (χ4n) is 1.40. The molecule has 1 aromatic rings. The topological polar surface area (TPSA) is 55.6 Å². The molecule has 2 N–H and O–H groups in total. The Labute approximate surface area is 102 Å². The Morgan fingerprint density at radius 3 is 2.82 bits per heavy atom. The van der Waals surface area contributed by atoms with Crippen molar-refractivity contribution in [2.75, 3.05) is 20.7 Å². The van der Waals surface area contributed by atoms with Gasteiger partial charge in [0.15, 0.2) is 0 Å². The third-order valence-electron chi connectivity index (χ3n) is 2.44. The molecule has 0 unspecified atom stereocenters. The van der Waals surface area contributed by atoms with Gasteiger partial charge in [0.25, 0.3) is 0 Å². The van der Waals surface area contributed by atoms with Crippen LogP contribution in [0.25, 0.3) is 0 Å². The van der Waals surface area contributed by atoms with Crippen molar-refractivity contribution in [3.8, 4) is 5.75 Å². The van der Waals surface area contributed by atoms with E-state index in [1.54, 1.807) is 19.0 Å². The van der Waals surface area contributed by atoms with Gasteiger partial charge in [0.05, 0.1) is 6.61 Å². The lowest BCUT2D eigenvalue weighted by Crippen LogP contribution is -2.21. The average molecular weight is 236 g/mol. The van der Waals surface area contributed by atoms with E-state index >= 15 is 0 Å². The Kier molecular flexibility index (Phi) is 5.49. The molecule has 0 aliphatic carbocycles. The van der Waals surface area contributed by atoms with Crippen LogP contribution in [0.2, 0.25) is 0 Å². The Bertz CT molecular complexity index is 364. The summed E-state index contributed by atoms with van der Waals surface area (Å²) in [5.74, 6) is 0.939. The number of carbonyl (C=O) groups excluding carboxylic acids is 1. The van der Waals surface area contributed by atoms with E-state index in [0.717, 1.165) is 17.7 Å². The van der Waals surface area contributed by atoms with Gasteiger partial charge in [0.1, 0.15) is 5.75 Å². The number of rotatable bonds is 6. The van der Waals surface area contributed by atoms with Crippen molar-refractivity contribution in [3.63, 3.8) is 0 Å². The summed E-state index contributed by atoms with van der Waals surface area (Å²) in [6.07, 6.45) is 1.24. The van der Waals surface area contributed by atoms with Crippen LogP contribution in [-0.2, 0) is 11.3 Å². The lowest BCUT2D eigenvalue weighted by molar-refractivity contribution is -0.128. The minimum atomic E-state index is 0.129. The van der Waals surface area contributed by atoms with E-state index in [-0.39, 0.29) is 5.91 Å². The molecule has 4 heteroatoms. The second-order valence-corrected chi connectivity index (χ2v) is 4.09. The van der Waals surface area contributed by atoms with Gasteiger partial charge in [0, 0.05) is 27.1 Å². The third-order valence-corrected chi connectivity index (χ3v) is 2.44. The molecule has 0 aliphatic heterocycles. The van der Waals surface area contributed by atoms with E-state index in [9.17, 15) is 4.79 Å². The first-order valence-corrected chi connectivity index (χ1v) is 5.75. The highest BCUT2D eigenvalue weighted by Gasteiger charge is 2.03. The molecule has 1 amide bonds. The first-order chi connectivity index (χ1) is 8.13. The summed E-state index contributed by atoms with van der Waals surface area (Å²) >= 11 is 0. The fourth-order valence-corrected chi connectivity index (χ4v) is 1.40. The maximum Gasteiger partial charge on any atom is 0.222 e. The molecular formula is C13H20N2O2. The van der Waals surface area contributed by atoms with Crippen molar-refractivity contribution in [2.45, 2.75) is 19.4 Å². The first-order valence-electron chi connectivity index (χ1n) is 5.75. The normalized spacial score (nSPS) is 10.1. The fraction of sp³-hybridized carbons (Fsp3) is 0.462. The van der Waals surface area contributed by atoms with Crippen LogP contribution in [0, 0.1) is 0 Å². The SMILES string of the molecule is CN(C)C(=O)CCCOc1cccc(CN)c1. The number of nitrogens with zero attached hydrogens (tertiary/aromatic N) is 1. The van der Waals surface area contributed by atoms with E-state index < -0.39 is 0 Å². The van der Waals surface area contributed by atoms with Crippen molar-refractivity contribution in [3.05, 3.63) is 29.8 Å². The summed E-state index contributed by atoms with van der Waals surface area (Å²) in [7, 11) is 3.52. The highest BCUT2D eigenvalue weighted by molar-refractivity contribution is 5.75. The maximum absolute atomic E-state index is 11.3. The molecule has 0 atom stereocenters. The van der Waals surface area contributed by atoms with Crippen LogP contribution in [0.3, 0.4) is 0 Å². The number of hydrogen-bond donors (Lipinski definition) is 1. The molecule has 1 rings (SSSR count). The highest BCUT2D eigenvalue weighted by Crippen LogP contribution is 2.13. The summed E-state index contributed by atoms with van der Waals surface area (Å²) in [5, 5.41) is 0. The molecule has 0 bridgehead atoms. The number of hydrogen-bond acceptors (Lipinski definition) is 3. The van der Waals surface area contributed by atoms with Crippen LogP contribution in [0.5, 0.6) is 5.75 Å². The summed E-state index contributed by atoms with van der Waals surface area (Å²) < 4.78 is 5.55. The van der Waals surface area contributed by atoms with Gasteiger partial charge in [0.2, 0.25) is 5.91 Å². The number of amides is 1. The molecule has 0 aliphatic rings. The number of nitrogens with two attached hydrogens (primary N) is 1. The van der Waals surface area contributed by atoms with Crippen LogP contribution in [0.15, 0.2) is 24.3 Å². The van der Waals surface area contributed by atoms with E-state index in [1.165, 1.54) is 0 Å². The minimum Gasteiger partial charge on any atom is -0.494 e. The third kappa shape index (κ3) is 4.87. The van der Waals surface area contributed by atoms with Gasteiger partial charge in [-0.25, -0.2) is 0 Å². The average Bonchev–Trinajstić information content (AvgIpc) is 2.34. The molecule has 0 saturated carbocycles. The second kappa shape index (κ2) is 6.91. The van der Waals surface area contributed by atoms with Gasteiger partial charge in [-0.3, -0.25) is 4.79 Å². The van der Waals surface area contributed by atoms with Gasteiger partial charge in [-0.15, -0.1) is 0 Å². The Hall–Kier alpha value is -1.55. The van der Waals surface area contributed by atoms with Gasteiger partial charge < -0.3 is 15.4 Å². The van der Waals surface area contributed by atoms with Gasteiger partial charge in [-0.05, 0) is 24.1 Å². The minimum absolute atomic E-state index is 0.129. The molecule has 4 nitrogen and oxygen atoms in total. The molecule has 0 heterocycles. The monoisotopic (exact) mass is 236 g/mol.